The average molecular weight is 247 g/mol. The molecule has 2 aliphatic rings. The summed E-state index contributed by atoms with van der Waals surface area (Å²) in [6.07, 6.45) is 5.43. The third-order valence-electron chi connectivity index (χ3n) is 4.71. The summed E-state index contributed by atoms with van der Waals surface area (Å²) in [5, 5.41) is 7.37. The minimum atomic E-state index is 0.0585. The van der Waals surface area contributed by atoms with Crippen LogP contribution in [0.1, 0.15) is 43.5 Å². The Morgan fingerprint density at radius 3 is 2.67 bits per heavy atom. The summed E-state index contributed by atoms with van der Waals surface area (Å²) in [4.78, 5) is 12.2. The first-order valence-electron chi connectivity index (χ1n) is 6.85. The number of aromatic nitrogens is 2. The Balaban J connectivity index is 1.62. The van der Waals surface area contributed by atoms with Gasteiger partial charge < -0.3 is 5.32 Å². The molecule has 18 heavy (non-hydrogen) atoms. The van der Waals surface area contributed by atoms with Crippen molar-refractivity contribution in [1.29, 1.82) is 0 Å². The van der Waals surface area contributed by atoms with E-state index in [0.29, 0.717) is 0 Å². The van der Waals surface area contributed by atoms with E-state index in [1.165, 1.54) is 6.42 Å². The summed E-state index contributed by atoms with van der Waals surface area (Å²) in [5.74, 6) is 2.21. The van der Waals surface area contributed by atoms with E-state index >= 15 is 0 Å². The highest BCUT2D eigenvalue weighted by molar-refractivity contribution is 5.79. The largest absolute Gasteiger partial charge is 0.349 e. The number of fused-ring (bicyclic) bond motifs is 1. The van der Waals surface area contributed by atoms with Gasteiger partial charge in [0.05, 0.1) is 12.2 Å². The fraction of sp³-hybridized carbons (Fsp3) is 0.714. The maximum Gasteiger partial charge on any atom is 0.223 e. The SMILES string of the molecule is Cc1c(C(C)NC(=O)C2CC3CC3C2)cnn1C. The molecule has 0 bridgehead atoms. The Hall–Kier alpha value is -1.32. The molecule has 0 radical (unpaired) electrons. The molecule has 0 spiro atoms. The lowest BCUT2D eigenvalue weighted by atomic mass is 10.0. The van der Waals surface area contributed by atoms with Gasteiger partial charge in [-0.05, 0) is 44.9 Å². The summed E-state index contributed by atoms with van der Waals surface area (Å²) in [5.41, 5.74) is 2.24. The molecule has 1 aromatic rings. The van der Waals surface area contributed by atoms with Gasteiger partial charge in [-0.3, -0.25) is 9.48 Å². The molecule has 3 rings (SSSR count). The number of nitrogens with one attached hydrogen (secondary N) is 1. The molecule has 4 heteroatoms. The van der Waals surface area contributed by atoms with Gasteiger partial charge in [-0.25, -0.2) is 0 Å². The summed E-state index contributed by atoms with van der Waals surface area (Å²) < 4.78 is 1.85. The third-order valence-corrected chi connectivity index (χ3v) is 4.71. The van der Waals surface area contributed by atoms with Gasteiger partial charge in [-0.2, -0.15) is 5.10 Å². The smallest absolute Gasteiger partial charge is 0.223 e. The van der Waals surface area contributed by atoms with Crippen molar-refractivity contribution in [3.05, 3.63) is 17.5 Å². The first-order valence-corrected chi connectivity index (χ1v) is 6.85. The Morgan fingerprint density at radius 2 is 2.11 bits per heavy atom. The van der Waals surface area contributed by atoms with Crippen LogP contribution in [0.4, 0.5) is 0 Å². The van der Waals surface area contributed by atoms with Crippen LogP contribution in [0.15, 0.2) is 6.20 Å². The number of aryl methyl sites for hydroxylation is 1. The van der Waals surface area contributed by atoms with E-state index in [2.05, 4.69) is 10.4 Å². The molecule has 2 fully saturated rings. The van der Waals surface area contributed by atoms with Gasteiger partial charge >= 0.3 is 0 Å². The Bertz CT molecular complexity index is 469. The fourth-order valence-electron chi connectivity index (χ4n) is 3.28. The van der Waals surface area contributed by atoms with E-state index in [9.17, 15) is 4.79 Å². The van der Waals surface area contributed by atoms with Crippen LogP contribution in [-0.4, -0.2) is 15.7 Å². The molecule has 0 aliphatic heterocycles. The predicted octanol–water partition coefficient (Wildman–Crippen LogP) is 1.95. The lowest BCUT2D eigenvalue weighted by molar-refractivity contribution is -0.125. The van der Waals surface area contributed by atoms with Crippen LogP contribution in [0.25, 0.3) is 0 Å². The Kier molecular flexibility index (Phi) is 2.68. The molecule has 1 heterocycles. The van der Waals surface area contributed by atoms with E-state index in [1.54, 1.807) is 0 Å². The zero-order chi connectivity index (χ0) is 12.9. The summed E-state index contributed by atoms with van der Waals surface area (Å²) in [6, 6.07) is 0.0585. The maximum atomic E-state index is 12.2. The highest BCUT2D eigenvalue weighted by Crippen LogP contribution is 2.54. The highest BCUT2D eigenvalue weighted by Gasteiger charge is 2.48. The second-order valence-corrected chi connectivity index (χ2v) is 5.96. The molecule has 1 amide bonds. The number of carbonyl (C=O) groups is 1. The quantitative estimate of drug-likeness (QED) is 0.887. The molecule has 2 saturated carbocycles. The van der Waals surface area contributed by atoms with Crippen molar-refractivity contribution in [3.8, 4) is 0 Å². The zero-order valence-electron chi connectivity index (χ0n) is 11.3. The van der Waals surface area contributed by atoms with Gasteiger partial charge in [0.2, 0.25) is 5.91 Å². The summed E-state index contributed by atoms with van der Waals surface area (Å²) >= 11 is 0. The number of hydrogen-bond donors (Lipinski definition) is 1. The van der Waals surface area contributed by atoms with Crippen molar-refractivity contribution >= 4 is 5.91 Å². The molecule has 0 saturated heterocycles. The van der Waals surface area contributed by atoms with E-state index in [1.807, 2.05) is 31.8 Å². The summed E-state index contributed by atoms with van der Waals surface area (Å²) in [6.45, 7) is 4.08. The van der Waals surface area contributed by atoms with E-state index < -0.39 is 0 Å². The number of carbonyl (C=O) groups excluding carboxylic acids is 1. The lowest BCUT2D eigenvalue weighted by Crippen LogP contribution is -2.32. The Labute approximate surface area is 108 Å². The van der Waals surface area contributed by atoms with Gasteiger partial charge in [0.1, 0.15) is 0 Å². The van der Waals surface area contributed by atoms with E-state index in [-0.39, 0.29) is 17.9 Å². The van der Waals surface area contributed by atoms with Crippen molar-refractivity contribution in [2.24, 2.45) is 24.8 Å². The van der Waals surface area contributed by atoms with Gasteiger partial charge in [0.15, 0.2) is 0 Å². The molecule has 3 unspecified atom stereocenters. The van der Waals surface area contributed by atoms with Crippen LogP contribution in [0, 0.1) is 24.7 Å². The maximum absolute atomic E-state index is 12.2. The minimum absolute atomic E-state index is 0.0585. The Morgan fingerprint density at radius 1 is 1.44 bits per heavy atom. The monoisotopic (exact) mass is 247 g/mol. The van der Waals surface area contributed by atoms with E-state index in [4.69, 9.17) is 0 Å². The number of rotatable bonds is 3. The van der Waals surface area contributed by atoms with E-state index in [0.717, 1.165) is 35.9 Å². The molecule has 4 nitrogen and oxygen atoms in total. The van der Waals surface area contributed by atoms with Gasteiger partial charge in [-0.1, -0.05) is 0 Å². The molecule has 3 atom stereocenters. The molecular formula is C14H21N3O. The minimum Gasteiger partial charge on any atom is -0.349 e. The molecule has 0 aromatic carbocycles. The van der Waals surface area contributed by atoms with Crippen LogP contribution in [-0.2, 0) is 11.8 Å². The molecule has 1 aromatic heterocycles. The zero-order valence-corrected chi connectivity index (χ0v) is 11.3. The first kappa shape index (κ1) is 11.8. The van der Waals surface area contributed by atoms with Crippen molar-refractivity contribution in [2.75, 3.05) is 0 Å². The van der Waals surface area contributed by atoms with Gasteiger partial charge in [-0.15, -0.1) is 0 Å². The van der Waals surface area contributed by atoms with Crippen molar-refractivity contribution in [2.45, 2.75) is 39.2 Å². The highest BCUT2D eigenvalue weighted by atomic mass is 16.1. The van der Waals surface area contributed by atoms with Crippen LogP contribution in [0.2, 0.25) is 0 Å². The normalized spacial score (nSPS) is 30.9. The number of amides is 1. The van der Waals surface area contributed by atoms with Crippen LogP contribution >= 0.6 is 0 Å². The second kappa shape index (κ2) is 4.11. The lowest BCUT2D eigenvalue weighted by Gasteiger charge is -2.17. The number of hydrogen-bond acceptors (Lipinski definition) is 2. The van der Waals surface area contributed by atoms with Crippen LogP contribution < -0.4 is 5.32 Å². The van der Waals surface area contributed by atoms with Crippen molar-refractivity contribution in [3.63, 3.8) is 0 Å². The average Bonchev–Trinajstić information content (AvgIpc) is 2.79. The van der Waals surface area contributed by atoms with Crippen molar-refractivity contribution in [1.82, 2.24) is 15.1 Å². The van der Waals surface area contributed by atoms with Crippen molar-refractivity contribution < 1.29 is 4.79 Å². The van der Waals surface area contributed by atoms with Gasteiger partial charge in [0, 0.05) is 24.2 Å². The summed E-state index contributed by atoms with van der Waals surface area (Å²) in [7, 11) is 1.93. The molecule has 2 aliphatic carbocycles. The number of nitrogens with zero attached hydrogens (tertiary/aromatic N) is 2. The standard InChI is InChI=1S/C14H21N3O/c1-8(13-7-15-17(3)9(13)2)16-14(18)12-5-10-4-11(10)6-12/h7-8,10-12H,4-6H2,1-3H3,(H,16,18). The van der Waals surface area contributed by atoms with Gasteiger partial charge in [0.25, 0.3) is 0 Å². The molecular weight excluding hydrogens is 226 g/mol. The molecule has 98 valence electrons. The third kappa shape index (κ3) is 1.93. The second-order valence-electron chi connectivity index (χ2n) is 5.96. The van der Waals surface area contributed by atoms with Crippen LogP contribution in [0.5, 0.6) is 0 Å². The predicted molar refractivity (Wildman–Crippen MR) is 68.8 cm³/mol. The topological polar surface area (TPSA) is 46.9 Å². The van der Waals surface area contributed by atoms with Crippen LogP contribution in [0.3, 0.4) is 0 Å². The first-order chi connectivity index (χ1) is 8.56. The fourth-order valence-corrected chi connectivity index (χ4v) is 3.28. The molecule has 1 N–H and O–H groups in total.